The lowest BCUT2D eigenvalue weighted by molar-refractivity contribution is 0.0937. The van der Waals surface area contributed by atoms with Crippen molar-refractivity contribution >= 4 is 11.9 Å². The number of ether oxygens (including phenoxy) is 2. The van der Waals surface area contributed by atoms with Gasteiger partial charge in [0.15, 0.2) is 0 Å². The van der Waals surface area contributed by atoms with Crippen LogP contribution >= 0.6 is 0 Å². The fourth-order valence-electron chi connectivity index (χ4n) is 4.99. The number of carbonyl (C=O) groups excluding carboxylic acids is 1. The fourth-order valence-corrected chi connectivity index (χ4v) is 4.99. The molecule has 2 aromatic carbocycles. The summed E-state index contributed by atoms with van der Waals surface area (Å²) in [5.74, 6) is 1.24. The van der Waals surface area contributed by atoms with Gasteiger partial charge in [-0.3, -0.25) is 4.79 Å². The van der Waals surface area contributed by atoms with Gasteiger partial charge in [-0.15, -0.1) is 0 Å². The van der Waals surface area contributed by atoms with E-state index in [-0.39, 0.29) is 11.3 Å². The predicted molar refractivity (Wildman–Crippen MR) is 131 cm³/mol. The van der Waals surface area contributed by atoms with Gasteiger partial charge in [-0.25, -0.2) is 9.97 Å². The van der Waals surface area contributed by atoms with Gasteiger partial charge in [0.1, 0.15) is 5.75 Å². The van der Waals surface area contributed by atoms with Gasteiger partial charge in [-0.2, -0.15) is 0 Å². The van der Waals surface area contributed by atoms with Crippen molar-refractivity contribution in [2.75, 3.05) is 44.9 Å². The molecule has 176 valence electrons. The van der Waals surface area contributed by atoms with Crippen molar-refractivity contribution in [3.8, 4) is 5.75 Å². The second-order valence-corrected chi connectivity index (χ2v) is 8.95. The summed E-state index contributed by atoms with van der Waals surface area (Å²) in [5.41, 5.74) is 3.80. The van der Waals surface area contributed by atoms with Gasteiger partial charge in [0, 0.05) is 36.9 Å². The fraction of sp³-hybridized carbons (Fsp3) is 0.370. The summed E-state index contributed by atoms with van der Waals surface area (Å²) in [4.78, 5) is 24.9. The minimum atomic E-state index is -0.226. The molecule has 1 saturated heterocycles. The van der Waals surface area contributed by atoms with E-state index in [0.717, 1.165) is 49.6 Å². The van der Waals surface area contributed by atoms with Crippen LogP contribution in [0.4, 0.5) is 5.95 Å². The summed E-state index contributed by atoms with van der Waals surface area (Å²) < 4.78 is 10.8. The lowest BCUT2D eigenvalue weighted by atomic mass is 9.68. The van der Waals surface area contributed by atoms with E-state index in [4.69, 9.17) is 19.4 Å². The third-order valence-electron chi connectivity index (χ3n) is 6.93. The van der Waals surface area contributed by atoms with Gasteiger partial charge >= 0.3 is 0 Å². The number of hydrogen-bond acceptors (Lipinski definition) is 6. The molecular weight excluding hydrogens is 428 g/mol. The van der Waals surface area contributed by atoms with Gasteiger partial charge < -0.3 is 19.7 Å². The topological polar surface area (TPSA) is 76.6 Å². The Bertz CT molecular complexity index is 1150. The zero-order chi connectivity index (χ0) is 23.4. The first-order valence-electron chi connectivity index (χ1n) is 11.8. The highest BCUT2D eigenvalue weighted by atomic mass is 16.5. The number of hydrogen-bond donors (Lipinski definition) is 1. The number of morpholine rings is 1. The summed E-state index contributed by atoms with van der Waals surface area (Å²) in [6.45, 7) is 3.59. The predicted octanol–water partition coefficient (Wildman–Crippen LogP) is 3.18. The Morgan fingerprint density at radius 2 is 1.88 bits per heavy atom. The molecule has 7 nitrogen and oxygen atoms in total. The molecule has 1 fully saturated rings. The van der Waals surface area contributed by atoms with Crippen molar-refractivity contribution in [3.63, 3.8) is 0 Å². The van der Waals surface area contributed by atoms with Crippen molar-refractivity contribution < 1.29 is 14.3 Å². The number of benzene rings is 2. The van der Waals surface area contributed by atoms with E-state index in [9.17, 15) is 4.79 Å². The third kappa shape index (κ3) is 4.48. The van der Waals surface area contributed by atoms with E-state index in [1.54, 1.807) is 13.2 Å². The molecule has 1 aromatic heterocycles. The molecule has 7 heteroatoms. The lowest BCUT2D eigenvalue weighted by Crippen LogP contribution is -2.45. The van der Waals surface area contributed by atoms with Crippen LogP contribution in [0.5, 0.6) is 5.75 Å². The molecule has 5 rings (SSSR count). The summed E-state index contributed by atoms with van der Waals surface area (Å²) >= 11 is 0. The average molecular weight is 459 g/mol. The van der Waals surface area contributed by atoms with Crippen LogP contribution in [-0.2, 0) is 23.0 Å². The Morgan fingerprint density at radius 3 is 2.68 bits per heavy atom. The monoisotopic (exact) mass is 458 g/mol. The highest BCUT2D eigenvalue weighted by molar-refractivity contribution is 5.97. The Kier molecular flexibility index (Phi) is 6.45. The number of carbonyl (C=O) groups is 1. The molecule has 1 N–H and O–H groups in total. The van der Waals surface area contributed by atoms with E-state index in [1.807, 2.05) is 30.5 Å². The van der Waals surface area contributed by atoms with Crippen LogP contribution in [0, 0.1) is 0 Å². The number of para-hydroxylation sites is 1. The Hall–Kier alpha value is -3.45. The SMILES string of the molecule is COc1ccccc1C(=O)NC[C@@]1(c2ccccc2)CCc2nc(N3CCOCC3)ncc2C1. The number of fused-ring (bicyclic) bond motifs is 1. The number of amides is 1. The largest absolute Gasteiger partial charge is 0.496 e. The van der Waals surface area contributed by atoms with Gasteiger partial charge in [-0.1, -0.05) is 42.5 Å². The minimum Gasteiger partial charge on any atom is -0.496 e. The average Bonchev–Trinajstić information content (AvgIpc) is 2.92. The maximum absolute atomic E-state index is 13.1. The first-order valence-corrected chi connectivity index (χ1v) is 11.8. The number of rotatable bonds is 6. The molecule has 1 aliphatic carbocycles. The maximum atomic E-state index is 13.1. The Morgan fingerprint density at radius 1 is 1.12 bits per heavy atom. The highest BCUT2D eigenvalue weighted by Crippen LogP contribution is 2.38. The Labute approximate surface area is 200 Å². The Balaban J connectivity index is 1.40. The molecule has 2 heterocycles. The van der Waals surface area contributed by atoms with Crippen molar-refractivity contribution in [1.82, 2.24) is 15.3 Å². The van der Waals surface area contributed by atoms with Gasteiger partial charge in [-0.05, 0) is 42.5 Å². The molecule has 0 radical (unpaired) electrons. The van der Waals surface area contributed by atoms with Crippen LogP contribution in [0.25, 0.3) is 0 Å². The molecule has 1 amide bonds. The van der Waals surface area contributed by atoms with Gasteiger partial charge in [0.2, 0.25) is 5.95 Å². The van der Waals surface area contributed by atoms with E-state index in [0.29, 0.717) is 31.1 Å². The number of aryl methyl sites for hydroxylation is 1. The molecule has 0 saturated carbocycles. The minimum absolute atomic E-state index is 0.127. The molecule has 2 aliphatic rings. The maximum Gasteiger partial charge on any atom is 0.255 e. The van der Waals surface area contributed by atoms with E-state index in [1.165, 1.54) is 5.56 Å². The molecule has 34 heavy (non-hydrogen) atoms. The van der Waals surface area contributed by atoms with Crippen LogP contribution in [-0.4, -0.2) is 55.8 Å². The number of nitrogens with one attached hydrogen (secondary N) is 1. The molecule has 1 aliphatic heterocycles. The van der Waals surface area contributed by atoms with Crippen LogP contribution in [0.1, 0.15) is 33.6 Å². The molecular formula is C27H30N4O3. The summed E-state index contributed by atoms with van der Waals surface area (Å²) in [7, 11) is 1.58. The van der Waals surface area contributed by atoms with Gasteiger partial charge in [0.05, 0.1) is 25.9 Å². The molecule has 3 aromatic rings. The van der Waals surface area contributed by atoms with Crippen molar-refractivity contribution in [3.05, 3.63) is 83.2 Å². The van der Waals surface area contributed by atoms with E-state index < -0.39 is 0 Å². The van der Waals surface area contributed by atoms with Crippen LogP contribution in [0.3, 0.4) is 0 Å². The number of methoxy groups -OCH3 is 1. The van der Waals surface area contributed by atoms with Gasteiger partial charge in [0.25, 0.3) is 5.91 Å². The molecule has 1 atom stereocenters. The van der Waals surface area contributed by atoms with Crippen molar-refractivity contribution in [2.45, 2.75) is 24.7 Å². The van der Waals surface area contributed by atoms with Crippen LogP contribution in [0.2, 0.25) is 0 Å². The smallest absolute Gasteiger partial charge is 0.255 e. The first kappa shape index (κ1) is 22.3. The lowest BCUT2D eigenvalue weighted by Gasteiger charge is -2.39. The second-order valence-electron chi connectivity index (χ2n) is 8.95. The highest BCUT2D eigenvalue weighted by Gasteiger charge is 2.37. The normalized spacial score (nSPS) is 19.9. The number of anilines is 1. The van der Waals surface area contributed by atoms with Crippen LogP contribution in [0.15, 0.2) is 60.8 Å². The number of aromatic nitrogens is 2. The van der Waals surface area contributed by atoms with Crippen LogP contribution < -0.4 is 15.0 Å². The molecule has 0 spiro atoms. The first-order chi connectivity index (χ1) is 16.7. The quantitative estimate of drug-likeness (QED) is 0.612. The summed E-state index contributed by atoms with van der Waals surface area (Å²) in [6, 6.07) is 17.8. The zero-order valence-electron chi connectivity index (χ0n) is 19.5. The van der Waals surface area contributed by atoms with E-state index >= 15 is 0 Å². The molecule has 0 bridgehead atoms. The summed E-state index contributed by atoms with van der Waals surface area (Å²) in [6.07, 6.45) is 4.50. The zero-order valence-corrected chi connectivity index (χ0v) is 19.5. The standard InChI is InChI=1S/C27H30N4O3/c1-33-24-10-6-5-9-22(24)25(32)29-19-27(21-7-3-2-4-8-21)12-11-23-20(17-27)18-28-26(30-23)31-13-15-34-16-14-31/h2-10,18H,11-17,19H2,1H3,(H,29,32)/t27-/m1/s1. The number of nitrogens with zero attached hydrogens (tertiary/aromatic N) is 3. The van der Waals surface area contributed by atoms with Crippen molar-refractivity contribution in [1.29, 1.82) is 0 Å². The molecule has 0 unspecified atom stereocenters. The van der Waals surface area contributed by atoms with Crippen molar-refractivity contribution in [2.24, 2.45) is 0 Å². The second kappa shape index (κ2) is 9.81. The summed E-state index contributed by atoms with van der Waals surface area (Å²) in [5, 5.41) is 3.19. The van der Waals surface area contributed by atoms with E-state index in [2.05, 4.69) is 34.5 Å². The third-order valence-corrected chi connectivity index (χ3v) is 6.93.